The van der Waals surface area contributed by atoms with Crippen molar-refractivity contribution >= 4 is 0 Å². The molecule has 1 aliphatic heterocycles. The van der Waals surface area contributed by atoms with E-state index in [2.05, 4.69) is 29.1 Å². The van der Waals surface area contributed by atoms with E-state index in [1.165, 1.54) is 71.4 Å². The Morgan fingerprint density at radius 2 is 1.67 bits per heavy atom. The van der Waals surface area contributed by atoms with Crippen molar-refractivity contribution in [1.29, 1.82) is 0 Å². The summed E-state index contributed by atoms with van der Waals surface area (Å²) >= 11 is 0. The molecule has 2 aliphatic rings. The molecule has 3 nitrogen and oxygen atoms in total. The highest BCUT2D eigenvalue weighted by molar-refractivity contribution is 4.83. The van der Waals surface area contributed by atoms with Crippen LogP contribution >= 0.6 is 0 Å². The molecule has 1 saturated carbocycles. The third-order valence-corrected chi connectivity index (χ3v) is 4.85. The highest BCUT2D eigenvalue weighted by Crippen LogP contribution is 2.28. The van der Waals surface area contributed by atoms with Crippen molar-refractivity contribution in [2.24, 2.45) is 5.92 Å². The lowest BCUT2D eigenvalue weighted by Crippen LogP contribution is -2.47. The number of hydrogen-bond donors (Lipinski definition) is 1. The summed E-state index contributed by atoms with van der Waals surface area (Å²) in [5.41, 5.74) is 0. The van der Waals surface area contributed by atoms with Gasteiger partial charge in [0.05, 0.1) is 0 Å². The third-order valence-electron chi connectivity index (χ3n) is 4.85. The Labute approximate surface area is 113 Å². The molecule has 0 spiro atoms. The van der Waals surface area contributed by atoms with E-state index in [9.17, 15) is 0 Å². The molecule has 106 valence electrons. The summed E-state index contributed by atoms with van der Waals surface area (Å²) in [6.45, 7) is 10.0. The van der Waals surface area contributed by atoms with Gasteiger partial charge in [0.25, 0.3) is 0 Å². The molecule has 18 heavy (non-hydrogen) atoms. The van der Waals surface area contributed by atoms with E-state index in [1.54, 1.807) is 0 Å². The van der Waals surface area contributed by atoms with E-state index in [4.69, 9.17) is 0 Å². The molecule has 1 aliphatic carbocycles. The topological polar surface area (TPSA) is 18.5 Å². The average Bonchev–Trinajstić information content (AvgIpc) is 2.86. The van der Waals surface area contributed by atoms with Crippen molar-refractivity contribution in [3.8, 4) is 0 Å². The monoisotopic (exact) mass is 253 g/mol. The molecule has 0 aromatic carbocycles. The zero-order valence-electron chi connectivity index (χ0n) is 12.3. The Morgan fingerprint density at radius 3 is 2.28 bits per heavy atom. The first-order valence-electron chi connectivity index (χ1n) is 7.95. The summed E-state index contributed by atoms with van der Waals surface area (Å²) in [5, 5.41) is 3.50. The number of nitrogens with one attached hydrogen (secondary N) is 1. The molecule has 2 fully saturated rings. The summed E-state index contributed by atoms with van der Waals surface area (Å²) in [5.74, 6) is 0.934. The highest BCUT2D eigenvalue weighted by Gasteiger charge is 2.26. The Kier molecular flexibility index (Phi) is 5.93. The molecule has 1 saturated heterocycles. The smallest absolute Gasteiger partial charge is 0.0110 e. The minimum absolute atomic E-state index is 0.798. The van der Waals surface area contributed by atoms with Gasteiger partial charge >= 0.3 is 0 Å². The van der Waals surface area contributed by atoms with E-state index in [1.807, 2.05) is 0 Å². The molecule has 0 radical (unpaired) electrons. The zero-order valence-corrected chi connectivity index (χ0v) is 12.3. The number of rotatable bonds is 6. The minimum Gasteiger partial charge on any atom is -0.317 e. The van der Waals surface area contributed by atoms with Crippen LogP contribution in [0, 0.1) is 5.92 Å². The van der Waals surface area contributed by atoms with Crippen LogP contribution < -0.4 is 5.32 Å². The van der Waals surface area contributed by atoms with Crippen molar-refractivity contribution in [2.75, 3.05) is 46.3 Å². The van der Waals surface area contributed by atoms with Gasteiger partial charge in [0.2, 0.25) is 0 Å². The molecular formula is C15H31N3. The highest BCUT2D eigenvalue weighted by atomic mass is 15.3. The molecule has 3 heteroatoms. The molecule has 0 aromatic heterocycles. The van der Waals surface area contributed by atoms with Gasteiger partial charge in [0, 0.05) is 32.2 Å². The Hall–Kier alpha value is -0.120. The van der Waals surface area contributed by atoms with Crippen molar-refractivity contribution in [1.82, 2.24) is 15.1 Å². The van der Waals surface area contributed by atoms with Crippen molar-refractivity contribution in [3.05, 3.63) is 0 Å². The van der Waals surface area contributed by atoms with E-state index >= 15 is 0 Å². The number of hydrogen-bond acceptors (Lipinski definition) is 3. The maximum absolute atomic E-state index is 3.50. The molecule has 0 amide bonds. The summed E-state index contributed by atoms with van der Waals surface area (Å²) < 4.78 is 0. The lowest BCUT2D eigenvalue weighted by molar-refractivity contribution is 0.125. The predicted molar refractivity (Wildman–Crippen MR) is 78.0 cm³/mol. The lowest BCUT2D eigenvalue weighted by atomic mass is 9.99. The van der Waals surface area contributed by atoms with Gasteiger partial charge in [0.1, 0.15) is 0 Å². The molecule has 2 atom stereocenters. The van der Waals surface area contributed by atoms with Crippen LogP contribution in [0.1, 0.15) is 39.0 Å². The number of piperazine rings is 1. The van der Waals surface area contributed by atoms with Crippen LogP contribution in [0.5, 0.6) is 0 Å². The maximum atomic E-state index is 3.50. The SMILES string of the molecule is CCCN1CCN(CCC2CCCC2NC)CC1. The summed E-state index contributed by atoms with van der Waals surface area (Å²) in [4.78, 5) is 5.29. The Morgan fingerprint density at radius 1 is 1.00 bits per heavy atom. The van der Waals surface area contributed by atoms with Gasteiger partial charge in [-0.25, -0.2) is 0 Å². The first-order valence-corrected chi connectivity index (χ1v) is 7.95. The second-order valence-corrected chi connectivity index (χ2v) is 6.06. The number of nitrogens with zero attached hydrogens (tertiary/aromatic N) is 2. The fourth-order valence-electron chi connectivity index (χ4n) is 3.66. The van der Waals surface area contributed by atoms with E-state index in [0.717, 1.165) is 12.0 Å². The van der Waals surface area contributed by atoms with Crippen LogP contribution in [-0.4, -0.2) is 62.2 Å². The summed E-state index contributed by atoms with van der Waals surface area (Å²) in [6, 6.07) is 0.798. The second-order valence-electron chi connectivity index (χ2n) is 6.06. The summed E-state index contributed by atoms with van der Waals surface area (Å²) in [7, 11) is 2.13. The van der Waals surface area contributed by atoms with Crippen LogP contribution in [0.3, 0.4) is 0 Å². The fourth-order valence-corrected chi connectivity index (χ4v) is 3.66. The van der Waals surface area contributed by atoms with Crippen LogP contribution in [-0.2, 0) is 0 Å². The molecule has 2 rings (SSSR count). The second kappa shape index (κ2) is 7.46. The van der Waals surface area contributed by atoms with E-state index in [-0.39, 0.29) is 0 Å². The molecular weight excluding hydrogens is 222 g/mol. The van der Waals surface area contributed by atoms with Gasteiger partial charge in [-0.05, 0) is 51.7 Å². The quantitative estimate of drug-likeness (QED) is 0.778. The molecule has 0 aromatic rings. The van der Waals surface area contributed by atoms with Gasteiger partial charge in [-0.1, -0.05) is 13.3 Å². The van der Waals surface area contributed by atoms with Gasteiger partial charge < -0.3 is 15.1 Å². The van der Waals surface area contributed by atoms with Gasteiger partial charge in [-0.15, -0.1) is 0 Å². The molecule has 1 N–H and O–H groups in total. The standard InChI is InChI=1S/C15H31N3/c1-3-8-17-10-12-18(13-11-17)9-7-14-5-4-6-15(14)16-2/h14-16H,3-13H2,1-2H3. The van der Waals surface area contributed by atoms with Crippen molar-refractivity contribution in [3.63, 3.8) is 0 Å². The van der Waals surface area contributed by atoms with Gasteiger partial charge in [0.15, 0.2) is 0 Å². The van der Waals surface area contributed by atoms with Crippen LogP contribution in [0.2, 0.25) is 0 Å². The zero-order chi connectivity index (χ0) is 12.8. The fraction of sp³-hybridized carbons (Fsp3) is 1.00. The normalized spacial score (nSPS) is 31.0. The van der Waals surface area contributed by atoms with Crippen molar-refractivity contribution < 1.29 is 0 Å². The van der Waals surface area contributed by atoms with E-state index < -0.39 is 0 Å². The van der Waals surface area contributed by atoms with Gasteiger partial charge in [-0.3, -0.25) is 0 Å². The molecule has 2 unspecified atom stereocenters. The van der Waals surface area contributed by atoms with Gasteiger partial charge in [-0.2, -0.15) is 0 Å². The van der Waals surface area contributed by atoms with Crippen LogP contribution in [0.15, 0.2) is 0 Å². The first kappa shape index (κ1) is 14.3. The Balaban J connectivity index is 1.63. The summed E-state index contributed by atoms with van der Waals surface area (Å²) in [6.07, 6.45) is 6.97. The molecule has 1 heterocycles. The molecule has 0 bridgehead atoms. The first-order chi connectivity index (χ1) is 8.83. The largest absolute Gasteiger partial charge is 0.317 e. The lowest BCUT2D eigenvalue weighted by Gasteiger charge is -2.35. The Bertz CT molecular complexity index is 224. The van der Waals surface area contributed by atoms with Crippen molar-refractivity contribution in [2.45, 2.75) is 45.1 Å². The maximum Gasteiger partial charge on any atom is 0.0110 e. The minimum atomic E-state index is 0.798. The van der Waals surface area contributed by atoms with E-state index in [0.29, 0.717) is 0 Å². The average molecular weight is 253 g/mol. The van der Waals surface area contributed by atoms with Crippen LogP contribution in [0.25, 0.3) is 0 Å². The van der Waals surface area contributed by atoms with Crippen LogP contribution in [0.4, 0.5) is 0 Å². The third kappa shape index (κ3) is 3.94. The predicted octanol–water partition coefficient (Wildman–Crippen LogP) is 1.79.